The van der Waals surface area contributed by atoms with Crippen LogP contribution in [0.3, 0.4) is 0 Å². The molecule has 1 aliphatic heterocycles. The summed E-state index contributed by atoms with van der Waals surface area (Å²) in [5.41, 5.74) is 0.651. The molecular weight excluding hydrogens is 398 g/mol. The van der Waals surface area contributed by atoms with Gasteiger partial charge in [-0.15, -0.1) is 0 Å². The summed E-state index contributed by atoms with van der Waals surface area (Å²) in [7, 11) is 0. The summed E-state index contributed by atoms with van der Waals surface area (Å²) < 4.78 is 2.72. The predicted molar refractivity (Wildman–Crippen MR) is 116 cm³/mol. The van der Waals surface area contributed by atoms with Crippen LogP contribution in [0.4, 0.5) is 0 Å². The van der Waals surface area contributed by atoms with Crippen molar-refractivity contribution in [2.75, 3.05) is 13.1 Å². The van der Waals surface area contributed by atoms with Gasteiger partial charge in [0, 0.05) is 37.3 Å². The van der Waals surface area contributed by atoms with Crippen LogP contribution in [0.15, 0.2) is 10.9 Å². The molecule has 4 rings (SSSR count). The Morgan fingerprint density at radius 3 is 2.55 bits per heavy atom. The van der Waals surface area contributed by atoms with Crippen molar-refractivity contribution in [2.24, 2.45) is 5.92 Å². The van der Waals surface area contributed by atoms with Crippen LogP contribution in [0.25, 0.3) is 11.7 Å². The summed E-state index contributed by atoms with van der Waals surface area (Å²) >= 11 is 0. The predicted octanol–water partition coefficient (Wildman–Crippen LogP) is 1.69. The molecule has 9 heteroatoms. The van der Waals surface area contributed by atoms with E-state index < -0.39 is 17.3 Å². The zero-order chi connectivity index (χ0) is 22.3. The van der Waals surface area contributed by atoms with E-state index in [1.54, 1.807) is 17.9 Å². The number of aromatic nitrogens is 3. The molecule has 2 aromatic rings. The first-order valence-corrected chi connectivity index (χ1v) is 10.9. The van der Waals surface area contributed by atoms with Crippen LogP contribution in [-0.4, -0.2) is 55.1 Å². The molecule has 1 aliphatic carbocycles. The summed E-state index contributed by atoms with van der Waals surface area (Å²) in [6.45, 7) is 7.52. The second-order valence-electron chi connectivity index (χ2n) is 8.86. The van der Waals surface area contributed by atoms with Crippen LogP contribution in [0.1, 0.15) is 61.1 Å². The highest BCUT2D eigenvalue weighted by atomic mass is 16.3. The van der Waals surface area contributed by atoms with Crippen LogP contribution >= 0.6 is 0 Å². The van der Waals surface area contributed by atoms with Crippen molar-refractivity contribution in [3.63, 3.8) is 0 Å². The number of rotatable bonds is 6. The van der Waals surface area contributed by atoms with E-state index in [-0.39, 0.29) is 23.4 Å². The first kappa shape index (κ1) is 21.1. The molecule has 0 aromatic carbocycles. The Balaban J connectivity index is 1.84. The largest absolute Gasteiger partial charge is 0.492 e. The third-order valence-electron chi connectivity index (χ3n) is 5.72. The molecule has 2 amide bonds. The number of aromatic hydroxyl groups is 1. The molecule has 0 bridgehead atoms. The van der Waals surface area contributed by atoms with Gasteiger partial charge in [0.25, 0.3) is 11.5 Å². The van der Waals surface area contributed by atoms with Gasteiger partial charge in [0.2, 0.25) is 11.8 Å². The Hall–Kier alpha value is -3.10. The van der Waals surface area contributed by atoms with Crippen LogP contribution in [-0.2, 0) is 11.3 Å². The van der Waals surface area contributed by atoms with Gasteiger partial charge in [0.1, 0.15) is 5.65 Å². The fourth-order valence-electron chi connectivity index (χ4n) is 3.98. The summed E-state index contributed by atoms with van der Waals surface area (Å²) in [6.07, 6.45) is 6.89. The van der Waals surface area contributed by atoms with Gasteiger partial charge in [-0.05, 0) is 44.6 Å². The van der Waals surface area contributed by atoms with Gasteiger partial charge in [-0.1, -0.05) is 13.8 Å². The maximum atomic E-state index is 13.3. The minimum atomic E-state index is -0.584. The van der Waals surface area contributed by atoms with Crippen molar-refractivity contribution in [3.05, 3.63) is 33.3 Å². The molecule has 31 heavy (non-hydrogen) atoms. The molecular formula is C22H29N5O4. The highest BCUT2D eigenvalue weighted by Crippen LogP contribution is 2.25. The topological polar surface area (TPSA) is 109 Å². The quantitative estimate of drug-likeness (QED) is 0.682. The highest BCUT2D eigenvalue weighted by Gasteiger charge is 2.30. The first-order chi connectivity index (χ1) is 14.8. The lowest BCUT2D eigenvalue weighted by Gasteiger charge is -2.15. The number of aryl methyl sites for hydroxylation is 1. The number of likely N-dealkylation sites (tertiary alicyclic amines) is 1. The van der Waals surface area contributed by atoms with Crippen LogP contribution in [0.2, 0.25) is 0 Å². The normalized spacial score (nSPS) is 16.7. The Labute approximate surface area is 180 Å². The molecule has 1 saturated heterocycles. The van der Waals surface area contributed by atoms with E-state index in [0.717, 1.165) is 38.8 Å². The molecule has 0 radical (unpaired) electrons. The van der Waals surface area contributed by atoms with E-state index in [4.69, 9.17) is 0 Å². The van der Waals surface area contributed by atoms with E-state index in [1.807, 2.05) is 13.8 Å². The van der Waals surface area contributed by atoms with Crippen molar-refractivity contribution in [2.45, 2.75) is 59.0 Å². The second kappa shape index (κ2) is 8.20. The molecule has 2 aromatic heterocycles. The van der Waals surface area contributed by atoms with E-state index >= 15 is 0 Å². The van der Waals surface area contributed by atoms with Gasteiger partial charge in [0.15, 0.2) is 5.56 Å². The van der Waals surface area contributed by atoms with Gasteiger partial charge in [-0.2, -0.15) is 9.61 Å². The van der Waals surface area contributed by atoms with Crippen molar-refractivity contribution in [1.82, 2.24) is 24.4 Å². The minimum Gasteiger partial charge on any atom is -0.492 e. The molecule has 166 valence electrons. The number of carbonyl (C=O) groups is 2. The Morgan fingerprint density at radius 1 is 1.26 bits per heavy atom. The first-order valence-electron chi connectivity index (χ1n) is 10.9. The molecule has 1 saturated carbocycles. The molecule has 2 fully saturated rings. The number of fused-ring (bicyclic) bond motifs is 1. The van der Waals surface area contributed by atoms with Gasteiger partial charge in [-0.25, -0.2) is 0 Å². The standard InChI is InChI=1S/C22H29N5O4/c1-13(2)12-26-20-16(8-9-17(28)25-10-4-5-11-25)14(3)24-27(20)22(31)18(21(26)30)19(29)23-15-6-7-15/h8-9,13,15,31H,4-7,10-12H2,1-3H3,(H,23,29). The van der Waals surface area contributed by atoms with Gasteiger partial charge >= 0.3 is 0 Å². The van der Waals surface area contributed by atoms with Gasteiger partial charge < -0.3 is 15.3 Å². The molecule has 0 unspecified atom stereocenters. The Kier molecular flexibility index (Phi) is 5.60. The zero-order valence-electron chi connectivity index (χ0n) is 18.2. The highest BCUT2D eigenvalue weighted by molar-refractivity contribution is 5.97. The number of hydrogen-bond acceptors (Lipinski definition) is 5. The van der Waals surface area contributed by atoms with E-state index in [2.05, 4.69) is 10.4 Å². The fraction of sp³-hybridized carbons (Fsp3) is 0.545. The second-order valence-corrected chi connectivity index (χ2v) is 8.86. The Morgan fingerprint density at radius 2 is 1.94 bits per heavy atom. The molecule has 2 aliphatic rings. The summed E-state index contributed by atoms with van der Waals surface area (Å²) in [6, 6.07) is 0.0509. The monoisotopic (exact) mass is 427 g/mol. The lowest BCUT2D eigenvalue weighted by atomic mass is 10.1. The van der Waals surface area contributed by atoms with Crippen LogP contribution < -0.4 is 10.9 Å². The van der Waals surface area contributed by atoms with Crippen LogP contribution in [0, 0.1) is 12.8 Å². The molecule has 0 atom stereocenters. The van der Waals surface area contributed by atoms with Crippen molar-refractivity contribution < 1.29 is 14.7 Å². The van der Waals surface area contributed by atoms with Crippen molar-refractivity contribution in [3.8, 4) is 5.88 Å². The number of nitrogens with zero attached hydrogens (tertiary/aromatic N) is 4. The maximum absolute atomic E-state index is 13.3. The van der Waals surface area contributed by atoms with Crippen LogP contribution in [0.5, 0.6) is 5.88 Å². The molecule has 9 nitrogen and oxygen atoms in total. The molecule has 0 spiro atoms. The minimum absolute atomic E-state index is 0.0509. The zero-order valence-corrected chi connectivity index (χ0v) is 18.2. The van der Waals surface area contributed by atoms with E-state index in [0.29, 0.717) is 23.4 Å². The average molecular weight is 428 g/mol. The number of hydrogen-bond donors (Lipinski definition) is 2. The third kappa shape index (κ3) is 4.08. The summed E-state index contributed by atoms with van der Waals surface area (Å²) in [4.78, 5) is 40.2. The van der Waals surface area contributed by atoms with Crippen molar-refractivity contribution >= 4 is 23.5 Å². The third-order valence-corrected chi connectivity index (χ3v) is 5.72. The smallest absolute Gasteiger partial charge is 0.270 e. The lowest BCUT2D eigenvalue weighted by molar-refractivity contribution is -0.124. The molecule has 3 heterocycles. The van der Waals surface area contributed by atoms with E-state index in [1.165, 1.54) is 15.2 Å². The number of nitrogens with one attached hydrogen (secondary N) is 1. The van der Waals surface area contributed by atoms with Crippen molar-refractivity contribution in [1.29, 1.82) is 0 Å². The summed E-state index contributed by atoms with van der Waals surface area (Å²) in [5.74, 6) is -1.03. The summed E-state index contributed by atoms with van der Waals surface area (Å²) in [5, 5.41) is 18.0. The number of carbonyl (C=O) groups excluding carboxylic acids is 2. The number of amides is 2. The fourth-order valence-corrected chi connectivity index (χ4v) is 3.98. The van der Waals surface area contributed by atoms with Gasteiger partial charge in [-0.3, -0.25) is 19.0 Å². The maximum Gasteiger partial charge on any atom is 0.270 e. The molecule has 2 N–H and O–H groups in total. The van der Waals surface area contributed by atoms with E-state index in [9.17, 15) is 19.5 Å². The van der Waals surface area contributed by atoms with Gasteiger partial charge in [0.05, 0.1) is 5.69 Å². The SMILES string of the molecule is Cc1nn2c(O)c(C(=O)NC3CC3)c(=O)n(CC(C)C)c2c1C=CC(=O)N1CCCC1. The Bertz CT molecular complexity index is 1120. The lowest BCUT2D eigenvalue weighted by Crippen LogP contribution is -2.36. The average Bonchev–Trinajstić information content (AvgIpc) is 3.23.